The van der Waals surface area contributed by atoms with Crippen LogP contribution in [0.25, 0.3) is 0 Å². The van der Waals surface area contributed by atoms with Gasteiger partial charge in [0.25, 0.3) is 5.91 Å². The molecule has 1 aromatic rings. The van der Waals surface area contributed by atoms with Crippen LogP contribution in [0.5, 0.6) is 0 Å². The SMILES string of the molecule is COC[C@@H](C)NC(=S)NNC(=O)c1ccccc1SCC(=O)N(C)C. The second-order valence-electron chi connectivity index (χ2n) is 5.48. The Bertz CT molecular complexity index is 611. The van der Waals surface area contributed by atoms with Gasteiger partial charge in [-0.15, -0.1) is 11.8 Å². The summed E-state index contributed by atoms with van der Waals surface area (Å²) in [5.41, 5.74) is 5.69. The maximum Gasteiger partial charge on any atom is 0.270 e. The Morgan fingerprint density at radius 2 is 1.96 bits per heavy atom. The molecule has 0 unspecified atom stereocenters. The van der Waals surface area contributed by atoms with Crippen LogP contribution in [0.4, 0.5) is 0 Å². The number of amides is 2. The third-order valence-electron chi connectivity index (χ3n) is 3.07. The molecule has 0 heterocycles. The van der Waals surface area contributed by atoms with Crippen LogP contribution in [0, 0.1) is 0 Å². The largest absolute Gasteiger partial charge is 0.383 e. The highest BCUT2D eigenvalue weighted by atomic mass is 32.2. The van der Waals surface area contributed by atoms with E-state index in [0.29, 0.717) is 17.3 Å². The van der Waals surface area contributed by atoms with E-state index in [1.807, 2.05) is 13.0 Å². The smallest absolute Gasteiger partial charge is 0.270 e. The molecule has 7 nitrogen and oxygen atoms in total. The minimum atomic E-state index is -0.330. The van der Waals surface area contributed by atoms with Crippen molar-refractivity contribution in [3.05, 3.63) is 29.8 Å². The molecule has 3 N–H and O–H groups in total. The number of methoxy groups -OCH3 is 1. The molecule has 0 saturated carbocycles. The second kappa shape index (κ2) is 10.9. The summed E-state index contributed by atoms with van der Waals surface area (Å²) in [5, 5.41) is 3.28. The van der Waals surface area contributed by atoms with Gasteiger partial charge in [-0.1, -0.05) is 12.1 Å². The highest BCUT2D eigenvalue weighted by Gasteiger charge is 2.14. The first-order valence-electron chi connectivity index (χ1n) is 7.63. The molecule has 0 radical (unpaired) electrons. The van der Waals surface area contributed by atoms with Gasteiger partial charge in [-0.2, -0.15) is 0 Å². The standard InChI is InChI=1S/C16H24N4O3S2/c1-11(9-23-4)17-16(24)19-18-15(22)12-7-5-6-8-13(12)25-10-14(21)20(2)3/h5-8,11H,9-10H2,1-4H3,(H,18,22)(H2,17,19,24)/t11-/m1/s1. The Hall–Kier alpha value is -1.84. The predicted octanol–water partition coefficient (Wildman–Crippen LogP) is 1.01. The van der Waals surface area contributed by atoms with E-state index in [-0.39, 0.29) is 23.6 Å². The lowest BCUT2D eigenvalue weighted by Crippen LogP contribution is -2.50. The summed E-state index contributed by atoms with van der Waals surface area (Å²) in [7, 11) is 5.00. The van der Waals surface area contributed by atoms with Crippen LogP contribution < -0.4 is 16.2 Å². The number of thioether (sulfide) groups is 1. The molecule has 0 aliphatic rings. The van der Waals surface area contributed by atoms with E-state index in [1.54, 1.807) is 39.4 Å². The summed E-state index contributed by atoms with van der Waals surface area (Å²) in [5.74, 6) is -0.0843. The Labute approximate surface area is 157 Å². The molecule has 2 amide bonds. The van der Waals surface area contributed by atoms with Crippen LogP contribution in [0.1, 0.15) is 17.3 Å². The molecule has 0 aliphatic carbocycles. The van der Waals surface area contributed by atoms with Crippen LogP contribution in [0.2, 0.25) is 0 Å². The van der Waals surface area contributed by atoms with E-state index < -0.39 is 0 Å². The minimum Gasteiger partial charge on any atom is -0.383 e. The molecule has 0 saturated heterocycles. The van der Waals surface area contributed by atoms with Gasteiger partial charge in [-0.3, -0.25) is 20.4 Å². The lowest BCUT2D eigenvalue weighted by molar-refractivity contribution is -0.125. The molecule has 0 bridgehead atoms. The van der Waals surface area contributed by atoms with Crippen molar-refractivity contribution in [3.63, 3.8) is 0 Å². The fourth-order valence-electron chi connectivity index (χ4n) is 1.78. The number of hydrazine groups is 1. The van der Waals surface area contributed by atoms with Crippen molar-refractivity contribution < 1.29 is 14.3 Å². The maximum atomic E-state index is 12.4. The number of nitrogens with zero attached hydrogens (tertiary/aromatic N) is 1. The third-order valence-corrected chi connectivity index (χ3v) is 4.34. The molecule has 25 heavy (non-hydrogen) atoms. The Kier molecular flexibility index (Phi) is 9.25. The van der Waals surface area contributed by atoms with Crippen LogP contribution >= 0.6 is 24.0 Å². The molecular formula is C16H24N4O3S2. The van der Waals surface area contributed by atoms with Crippen molar-refractivity contribution in [2.45, 2.75) is 17.9 Å². The highest BCUT2D eigenvalue weighted by molar-refractivity contribution is 8.00. The third kappa shape index (κ3) is 7.72. The van der Waals surface area contributed by atoms with Crippen molar-refractivity contribution in [1.82, 2.24) is 21.1 Å². The minimum absolute atomic E-state index is 0.0155. The van der Waals surface area contributed by atoms with Crippen molar-refractivity contribution >= 4 is 40.9 Å². The zero-order valence-electron chi connectivity index (χ0n) is 14.8. The zero-order valence-corrected chi connectivity index (χ0v) is 16.4. The molecule has 1 atom stereocenters. The van der Waals surface area contributed by atoms with Crippen molar-refractivity contribution in [2.24, 2.45) is 0 Å². The van der Waals surface area contributed by atoms with E-state index in [9.17, 15) is 9.59 Å². The Balaban J connectivity index is 2.60. The summed E-state index contributed by atoms with van der Waals surface area (Å²) in [6.07, 6.45) is 0. The number of hydrogen-bond acceptors (Lipinski definition) is 5. The maximum absolute atomic E-state index is 12.4. The fraction of sp³-hybridized carbons (Fsp3) is 0.438. The Morgan fingerprint density at radius 3 is 2.60 bits per heavy atom. The zero-order chi connectivity index (χ0) is 18.8. The average Bonchev–Trinajstić information content (AvgIpc) is 2.57. The number of carbonyl (C=O) groups excluding carboxylic acids is 2. The van der Waals surface area contributed by atoms with Crippen molar-refractivity contribution in [1.29, 1.82) is 0 Å². The number of nitrogens with one attached hydrogen (secondary N) is 3. The van der Waals surface area contributed by atoms with Gasteiger partial charge in [0.2, 0.25) is 5.91 Å². The van der Waals surface area contributed by atoms with Gasteiger partial charge in [0.1, 0.15) is 0 Å². The van der Waals surface area contributed by atoms with Crippen LogP contribution in [0.15, 0.2) is 29.2 Å². The molecule has 0 aliphatic heterocycles. The summed E-state index contributed by atoms with van der Waals surface area (Å²) in [6, 6.07) is 7.11. The number of thiocarbonyl (C=S) groups is 1. The van der Waals surface area contributed by atoms with Gasteiger partial charge in [-0.05, 0) is 31.3 Å². The topological polar surface area (TPSA) is 82.7 Å². The van der Waals surface area contributed by atoms with Crippen molar-refractivity contribution in [3.8, 4) is 0 Å². The van der Waals surface area contributed by atoms with E-state index in [1.165, 1.54) is 16.7 Å². The van der Waals surface area contributed by atoms with Crippen molar-refractivity contribution in [2.75, 3.05) is 33.6 Å². The van der Waals surface area contributed by atoms with Gasteiger partial charge in [0.05, 0.1) is 17.9 Å². The summed E-state index contributed by atoms with van der Waals surface area (Å²) >= 11 is 6.43. The molecule has 1 rings (SSSR count). The van der Waals surface area contributed by atoms with E-state index >= 15 is 0 Å². The number of ether oxygens (including phenoxy) is 1. The molecule has 9 heteroatoms. The van der Waals surface area contributed by atoms with Gasteiger partial charge < -0.3 is 15.0 Å². The normalized spacial score (nSPS) is 11.4. The molecular weight excluding hydrogens is 360 g/mol. The van der Waals surface area contributed by atoms with Gasteiger partial charge in [0.15, 0.2) is 5.11 Å². The molecule has 1 aromatic carbocycles. The van der Waals surface area contributed by atoms with E-state index in [4.69, 9.17) is 17.0 Å². The fourth-order valence-corrected chi connectivity index (χ4v) is 3.06. The quantitative estimate of drug-likeness (QED) is 0.368. The first-order chi connectivity index (χ1) is 11.8. The molecule has 138 valence electrons. The average molecular weight is 385 g/mol. The molecule has 0 fully saturated rings. The van der Waals surface area contributed by atoms with Gasteiger partial charge in [-0.25, -0.2) is 0 Å². The van der Waals surface area contributed by atoms with Crippen LogP contribution in [0.3, 0.4) is 0 Å². The number of benzene rings is 1. The lowest BCUT2D eigenvalue weighted by atomic mass is 10.2. The summed E-state index contributed by atoms with van der Waals surface area (Å²) in [4.78, 5) is 26.3. The van der Waals surface area contributed by atoms with E-state index in [0.717, 1.165) is 4.90 Å². The first-order valence-corrected chi connectivity index (χ1v) is 9.02. The monoisotopic (exact) mass is 384 g/mol. The predicted molar refractivity (Wildman–Crippen MR) is 104 cm³/mol. The summed E-state index contributed by atoms with van der Waals surface area (Å²) in [6.45, 7) is 2.40. The lowest BCUT2D eigenvalue weighted by Gasteiger charge is -2.17. The summed E-state index contributed by atoms with van der Waals surface area (Å²) < 4.78 is 5.01. The highest BCUT2D eigenvalue weighted by Crippen LogP contribution is 2.22. The first kappa shape index (κ1) is 21.2. The van der Waals surface area contributed by atoms with E-state index in [2.05, 4.69) is 16.2 Å². The van der Waals surface area contributed by atoms with Crippen LogP contribution in [-0.2, 0) is 9.53 Å². The molecule has 0 aromatic heterocycles. The number of carbonyl (C=O) groups is 2. The van der Waals surface area contributed by atoms with Crippen LogP contribution in [-0.4, -0.2) is 61.4 Å². The molecule has 0 spiro atoms. The number of hydrogen-bond donors (Lipinski definition) is 3. The van der Waals surface area contributed by atoms with Gasteiger partial charge in [0, 0.05) is 32.1 Å². The number of rotatable bonds is 7. The van der Waals surface area contributed by atoms with Gasteiger partial charge >= 0.3 is 0 Å². The second-order valence-corrected chi connectivity index (χ2v) is 6.91. The Morgan fingerprint density at radius 1 is 1.28 bits per heavy atom.